The lowest BCUT2D eigenvalue weighted by Gasteiger charge is -2.60. The molecule has 2 aromatic rings. The molecule has 30 heavy (non-hydrogen) atoms. The topological polar surface area (TPSA) is 85.9 Å². The standard InChI is InChI=1S/C21H29N5O3.CH4/c1-20(2,3)29-19(27)25-14-21(15-25)12-24(13-21)17-6-5-16(22)11-18(17)28-10-9-26-8-4-7-23-26;/h4-8,11H,9-10,12-15,22H2,1-3H3;1H4. The van der Waals surface area contributed by atoms with E-state index >= 15 is 0 Å². The highest BCUT2D eigenvalue weighted by Gasteiger charge is 2.54. The number of hydrogen-bond donors (Lipinski definition) is 1. The first-order valence-electron chi connectivity index (χ1n) is 9.96. The van der Waals surface area contributed by atoms with Gasteiger partial charge in [0.05, 0.1) is 12.2 Å². The van der Waals surface area contributed by atoms with E-state index in [-0.39, 0.29) is 18.9 Å². The summed E-state index contributed by atoms with van der Waals surface area (Å²) in [6.07, 6.45) is 3.44. The lowest BCUT2D eigenvalue weighted by molar-refractivity contribution is -0.0454. The molecule has 3 heterocycles. The Bertz CT molecular complexity index is 861. The van der Waals surface area contributed by atoms with E-state index in [1.807, 2.05) is 55.9 Å². The fourth-order valence-electron chi connectivity index (χ4n) is 3.94. The van der Waals surface area contributed by atoms with Gasteiger partial charge in [-0.15, -0.1) is 0 Å². The normalized spacial score (nSPS) is 17.0. The highest BCUT2D eigenvalue weighted by molar-refractivity contribution is 5.71. The Labute approximate surface area is 178 Å². The van der Waals surface area contributed by atoms with Crippen LogP contribution in [0.25, 0.3) is 0 Å². The number of ether oxygens (including phenoxy) is 2. The Morgan fingerprint density at radius 1 is 1.23 bits per heavy atom. The van der Waals surface area contributed by atoms with Crippen LogP contribution in [-0.4, -0.2) is 59.2 Å². The summed E-state index contributed by atoms with van der Waals surface area (Å²) in [4.78, 5) is 16.2. The van der Waals surface area contributed by atoms with Crippen LogP contribution in [-0.2, 0) is 11.3 Å². The summed E-state index contributed by atoms with van der Waals surface area (Å²) in [6, 6.07) is 7.67. The summed E-state index contributed by atoms with van der Waals surface area (Å²) >= 11 is 0. The number of hydrogen-bond acceptors (Lipinski definition) is 6. The van der Waals surface area contributed by atoms with Crippen LogP contribution in [0.4, 0.5) is 16.2 Å². The average Bonchev–Trinajstić information content (AvgIpc) is 3.05. The van der Waals surface area contributed by atoms with Gasteiger partial charge in [-0.2, -0.15) is 5.10 Å². The van der Waals surface area contributed by atoms with Crippen molar-refractivity contribution in [2.75, 3.05) is 43.4 Å². The largest absolute Gasteiger partial charge is 0.489 e. The molecule has 2 fully saturated rings. The summed E-state index contributed by atoms with van der Waals surface area (Å²) in [5, 5.41) is 4.19. The van der Waals surface area contributed by atoms with Gasteiger partial charge in [0.1, 0.15) is 18.0 Å². The van der Waals surface area contributed by atoms with Crippen LogP contribution in [0.1, 0.15) is 28.2 Å². The minimum absolute atomic E-state index is 0. The predicted molar refractivity (Wildman–Crippen MR) is 118 cm³/mol. The molecule has 0 unspecified atom stereocenters. The molecule has 2 aliphatic rings. The van der Waals surface area contributed by atoms with E-state index in [4.69, 9.17) is 15.2 Å². The lowest BCUT2D eigenvalue weighted by atomic mass is 9.73. The Balaban J connectivity index is 0.00000256. The molecule has 2 N–H and O–H groups in total. The lowest BCUT2D eigenvalue weighted by Crippen LogP contribution is -2.73. The number of anilines is 2. The second kappa shape index (κ2) is 8.08. The van der Waals surface area contributed by atoms with Crippen LogP contribution in [0.5, 0.6) is 5.75 Å². The fourth-order valence-corrected chi connectivity index (χ4v) is 3.94. The maximum atomic E-state index is 12.2. The Hall–Kier alpha value is -2.90. The predicted octanol–water partition coefficient (Wildman–Crippen LogP) is 3.24. The number of likely N-dealkylation sites (tertiary alicyclic amines) is 1. The smallest absolute Gasteiger partial charge is 0.410 e. The van der Waals surface area contributed by atoms with E-state index < -0.39 is 5.60 Å². The number of nitrogens with two attached hydrogens (primary N) is 1. The molecule has 0 aliphatic carbocycles. The molecule has 2 aliphatic heterocycles. The third-order valence-electron chi connectivity index (χ3n) is 5.22. The molecule has 2 saturated heterocycles. The van der Waals surface area contributed by atoms with Crippen LogP contribution in [0.2, 0.25) is 0 Å². The minimum atomic E-state index is -0.460. The SMILES string of the molecule is C.CC(C)(C)OC(=O)N1CC2(C1)CN(c1ccc(N)cc1OCCn1cccn1)C2. The van der Waals surface area contributed by atoms with Crippen molar-refractivity contribution in [1.82, 2.24) is 14.7 Å². The number of amides is 1. The van der Waals surface area contributed by atoms with Crippen molar-refractivity contribution in [3.63, 3.8) is 0 Å². The van der Waals surface area contributed by atoms with Crippen molar-refractivity contribution in [3.05, 3.63) is 36.7 Å². The van der Waals surface area contributed by atoms with Crippen LogP contribution in [0.15, 0.2) is 36.7 Å². The van der Waals surface area contributed by atoms with E-state index in [1.165, 1.54) is 0 Å². The minimum Gasteiger partial charge on any atom is -0.489 e. The molecule has 1 aromatic carbocycles. The monoisotopic (exact) mass is 415 g/mol. The average molecular weight is 416 g/mol. The molecule has 8 heteroatoms. The summed E-state index contributed by atoms with van der Waals surface area (Å²) in [7, 11) is 0. The highest BCUT2D eigenvalue weighted by Crippen LogP contribution is 2.45. The molecule has 0 radical (unpaired) electrons. The molecule has 4 rings (SSSR count). The van der Waals surface area contributed by atoms with Crippen molar-refractivity contribution in [2.45, 2.75) is 40.3 Å². The third kappa shape index (κ3) is 4.63. The maximum Gasteiger partial charge on any atom is 0.410 e. The molecular formula is C22H33N5O3. The van der Waals surface area contributed by atoms with Gasteiger partial charge in [0, 0.05) is 55.7 Å². The summed E-state index contributed by atoms with van der Waals surface area (Å²) in [5.74, 6) is 0.787. The quantitative estimate of drug-likeness (QED) is 0.755. The molecule has 1 aromatic heterocycles. The number of carbonyl (C=O) groups excluding carboxylic acids is 1. The third-order valence-corrected chi connectivity index (χ3v) is 5.22. The van der Waals surface area contributed by atoms with E-state index in [0.717, 1.165) is 37.6 Å². The van der Waals surface area contributed by atoms with Crippen molar-refractivity contribution >= 4 is 17.5 Å². The van der Waals surface area contributed by atoms with E-state index in [0.29, 0.717) is 18.8 Å². The first kappa shape index (κ1) is 21.8. The molecule has 164 valence electrons. The van der Waals surface area contributed by atoms with Gasteiger partial charge in [0.25, 0.3) is 0 Å². The Morgan fingerprint density at radius 2 is 1.97 bits per heavy atom. The van der Waals surface area contributed by atoms with Gasteiger partial charge in [-0.25, -0.2) is 4.79 Å². The molecule has 8 nitrogen and oxygen atoms in total. The maximum absolute atomic E-state index is 12.2. The van der Waals surface area contributed by atoms with Crippen LogP contribution >= 0.6 is 0 Å². The summed E-state index contributed by atoms with van der Waals surface area (Å²) < 4.78 is 13.3. The van der Waals surface area contributed by atoms with Crippen LogP contribution < -0.4 is 15.4 Å². The molecule has 0 atom stereocenters. The zero-order valence-electron chi connectivity index (χ0n) is 17.3. The van der Waals surface area contributed by atoms with Crippen molar-refractivity contribution in [2.24, 2.45) is 5.41 Å². The van der Waals surface area contributed by atoms with Gasteiger partial charge in [0.2, 0.25) is 0 Å². The Kier molecular flexibility index (Phi) is 5.87. The van der Waals surface area contributed by atoms with Crippen molar-refractivity contribution < 1.29 is 14.3 Å². The first-order chi connectivity index (χ1) is 13.7. The summed E-state index contributed by atoms with van der Waals surface area (Å²) in [6.45, 7) is 10.1. The molecular weight excluding hydrogens is 382 g/mol. The van der Waals surface area contributed by atoms with Crippen molar-refractivity contribution in [3.8, 4) is 5.75 Å². The molecule has 0 bridgehead atoms. The van der Waals surface area contributed by atoms with Gasteiger partial charge < -0.3 is 25.0 Å². The van der Waals surface area contributed by atoms with Crippen LogP contribution in [0.3, 0.4) is 0 Å². The number of carbonyl (C=O) groups is 1. The highest BCUT2D eigenvalue weighted by atomic mass is 16.6. The van der Waals surface area contributed by atoms with E-state index in [1.54, 1.807) is 11.1 Å². The number of aromatic nitrogens is 2. The van der Waals surface area contributed by atoms with Gasteiger partial charge in [-0.3, -0.25) is 4.68 Å². The van der Waals surface area contributed by atoms with E-state index in [2.05, 4.69) is 10.00 Å². The van der Waals surface area contributed by atoms with Gasteiger partial charge in [-0.1, -0.05) is 7.43 Å². The van der Waals surface area contributed by atoms with Crippen LogP contribution in [0, 0.1) is 5.41 Å². The molecule has 1 amide bonds. The first-order valence-corrected chi connectivity index (χ1v) is 9.96. The number of nitrogens with zero attached hydrogens (tertiary/aromatic N) is 4. The second-order valence-corrected chi connectivity index (χ2v) is 9.04. The molecule has 1 spiro atoms. The van der Waals surface area contributed by atoms with Gasteiger partial charge in [-0.05, 0) is 39.0 Å². The Morgan fingerprint density at radius 3 is 2.60 bits per heavy atom. The van der Waals surface area contributed by atoms with Gasteiger partial charge in [0.15, 0.2) is 0 Å². The number of rotatable bonds is 5. The van der Waals surface area contributed by atoms with E-state index in [9.17, 15) is 4.79 Å². The zero-order valence-corrected chi connectivity index (χ0v) is 17.3. The number of benzene rings is 1. The van der Waals surface area contributed by atoms with Gasteiger partial charge >= 0.3 is 6.09 Å². The molecule has 0 saturated carbocycles. The number of nitrogen functional groups attached to an aromatic ring is 1. The zero-order chi connectivity index (χ0) is 20.6. The summed E-state index contributed by atoms with van der Waals surface area (Å²) in [5.41, 5.74) is 7.39. The fraction of sp³-hybridized carbons (Fsp3) is 0.545. The second-order valence-electron chi connectivity index (χ2n) is 9.04. The van der Waals surface area contributed by atoms with Crippen molar-refractivity contribution in [1.29, 1.82) is 0 Å².